The zero-order valence-corrected chi connectivity index (χ0v) is 16.7. The van der Waals surface area contributed by atoms with Crippen LogP contribution in [0.4, 0.5) is 5.69 Å². The number of aromatic nitrogens is 2. The highest BCUT2D eigenvalue weighted by Gasteiger charge is 2.08. The third-order valence-electron chi connectivity index (χ3n) is 5.51. The molecule has 0 fully saturated rings. The van der Waals surface area contributed by atoms with E-state index in [1.165, 1.54) is 47.7 Å². The standard InChI is InChI=1S/C24H28N4O/c29-24(26-14-12-18-6-2-1-3-7-18)23-11-10-20(17-28-23)25-15-13-19-16-27-22-9-5-4-8-21(19)22/h4-6,8-11,16-17,25,27H,1-3,7,12-15H2,(H,26,29). The van der Waals surface area contributed by atoms with Crippen molar-refractivity contribution in [3.8, 4) is 0 Å². The minimum absolute atomic E-state index is 0.105. The predicted molar refractivity (Wildman–Crippen MR) is 118 cm³/mol. The highest BCUT2D eigenvalue weighted by molar-refractivity contribution is 5.92. The van der Waals surface area contributed by atoms with E-state index in [4.69, 9.17) is 0 Å². The summed E-state index contributed by atoms with van der Waals surface area (Å²) in [5.74, 6) is -0.105. The van der Waals surface area contributed by atoms with Crippen molar-refractivity contribution in [1.82, 2.24) is 15.3 Å². The van der Waals surface area contributed by atoms with Gasteiger partial charge in [0.05, 0.1) is 11.9 Å². The molecule has 1 aliphatic carbocycles. The van der Waals surface area contributed by atoms with Gasteiger partial charge in [-0.15, -0.1) is 0 Å². The summed E-state index contributed by atoms with van der Waals surface area (Å²) < 4.78 is 0. The number of hydrogen-bond donors (Lipinski definition) is 3. The average molecular weight is 389 g/mol. The minimum atomic E-state index is -0.105. The van der Waals surface area contributed by atoms with Gasteiger partial charge in [0.15, 0.2) is 0 Å². The number of para-hydroxylation sites is 1. The number of allylic oxidation sites excluding steroid dienone is 1. The Morgan fingerprint density at radius 1 is 1.07 bits per heavy atom. The van der Waals surface area contributed by atoms with Crippen molar-refractivity contribution in [2.24, 2.45) is 0 Å². The number of nitrogens with one attached hydrogen (secondary N) is 3. The number of amides is 1. The second-order valence-corrected chi connectivity index (χ2v) is 7.58. The van der Waals surface area contributed by atoms with Crippen molar-refractivity contribution in [1.29, 1.82) is 0 Å². The molecule has 0 saturated heterocycles. The Labute approximate surface area is 171 Å². The molecule has 29 heavy (non-hydrogen) atoms. The number of rotatable bonds is 8. The van der Waals surface area contributed by atoms with Gasteiger partial charge >= 0.3 is 0 Å². The summed E-state index contributed by atoms with van der Waals surface area (Å²) in [7, 11) is 0. The summed E-state index contributed by atoms with van der Waals surface area (Å²) in [5.41, 5.74) is 5.32. The lowest BCUT2D eigenvalue weighted by Gasteiger charge is -2.13. The van der Waals surface area contributed by atoms with Crippen molar-refractivity contribution >= 4 is 22.5 Å². The summed E-state index contributed by atoms with van der Waals surface area (Å²) in [6.07, 6.45) is 12.9. The van der Waals surface area contributed by atoms with E-state index < -0.39 is 0 Å². The van der Waals surface area contributed by atoms with E-state index in [0.29, 0.717) is 12.2 Å². The molecule has 3 N–H and O–H groups in total. The van der Waals surface area contributed by atoms with Crippen LogP contribution in [-0.2, 0) is 6.42 Å². The first kappa shape index (κ1) is 19.2. The number of anilines is 1. The number of nitrogens with zero attached hydrogens (tertiary/aromatic N) is 1. The van der Waals surface area contributed by atoms with Crippen LogP contribution in [0.5, 0.6) is 0 Å². The Bertz CT molecular complexity index is 988. The number of aromatic amines is 1. The zero-order chi connectivity index (χ0) is 19.9. The van der Waals surface area contributed by atoms with Crippen LogP contribution in [0.15, 0.2) is 60.4 Å². The number of carbonyl (C=O) groups excluding carboxylic acids is 1. The molecule has 5 heteroatoms. The molecule has 5 nitrogen and oxygen atoms in total. The normalized spacial score (nSPS) is 13.9. The molecule has 0 bridgehead atoms. The Hall–Kier alpha value is -3.08. The van der Waals surface area contributed by atoms with Gasteiger partial charge in [-0.3, -0.25) is 4.79 Å². The Morgan fingerprint density at radius 3 is 2.83 bits per heavy atom. The lowest BCUT2D eigenvalue weighted by molar-refractivity contribution is 0.0949. The Morgan fingerprint density at radius 2 is 2.00 bits per heavy atom. The Kier molecular flexibility index (Phi) is 6.25. The van der Waals surface area contributed by atoms with Gasteiger partial charge in [-0.2, -0.15) is 0 Å². The fourth-order valence-corrected chi connectivity index (χ4v) is 3.87. The number of carbonyl (C=O) groups is 1. The quantitative estimate of drug-likeness (QED) is 0.484. The van der Waals surface area contributed by atoms with E-state index in [-0.39, 0.29) is 5.91 Å². The molecule has 0 aliphatic heterocycles. The number of hydrogen-bond acceptors (Lipinski definition) is 3. The summed E-state index contributed by atoms with van der Waals surface area (Å²) in [4.78, 5) is 19.9. The van der Waals surface area contributed by atoms with Crippen molar-refractivity contribution in [2.45, 2.75) is 38.5 Å². The van der Waals surface area contributed by atoms with Crippen molar-refractivity contribution in [3.05, 3.63) is 71.7 Å². The molecule has 2 aromatic heterocycles. The van der Waals surface area contributed by atoms with Crippen LogP contribution in [-0.4, -0.2) is 29.0 Å². The van der Waals surface area contributed by atoms with E-state index >= 15 is 0 Å². The molecule has 0 saturated carbocycles. The molecule has 1 aliphatic rings. The molecular formula is C24H28N4O. The number of fused-ring (bicyclic) bond motifs is 1. The van der Waals surface area contributed by atoms with Crippen LogP contribution in [0.2, 0.25) is 0 Å². The molecule has 0 spiro atoms. The molecule has 0 unspecified atom stereocenters. The predicted octanol–water partition coefficient (Wildman–Crippen LogP) is 4.84. The smallest absolute Gasteiger partial charge is 0.269 e. The minimum Gasteiger partial charge on any atom is -0.383 e. The Balaban J connectivity index is 1.23. The first-order valence-electron chi connectivity index (χ1n) is 10.5. The highest BCUT2D eigenvalue weighted by Crippen LogP contribution is 2.20. The fourth-order valence-electron chi connectivity index (χ4n) is 3.87. The van der Waals surface area contributed by atoms with Crippen LogP contribution < -0.4 is 10.6 Å². The van der Waals surface area contributed by atoms with Crippen LogP contribution >= 0.6 is 0 Å². The SMILES string of the molecule is O=C(NCCC1=CCCCC1)c1ccc(NCCc2c[nH]c3ccccc23)cn1. The molecule has 1 amide bonds. The molecular weight excluding hydrogens is 360 g/mol. The average Bonchev–Trinajstić information content (AvgIpc) is 3.18. The molecule has 2 heterocycles. The maximum atomic E-state index is 12.3. The molecule has 0 atom stereocenters. The topological polar surface area (TPSA) is 69.8 Å². The maximum Gasteiger partial charge on any atom is 0.269 e. The highest BCUT2D eigenvalue weighted by atomic mass is 16.1. The van der Waals surface area contributed by atoms with E-state index in [2.05, 4.69) is 51.1 Å². The van der Waals surface area contributed by atoms with Crippen molar-refractivity contribution in [3.63, 3.8) is 0 Å². The maximum absolute atomic E-state index is 12.3. The van der Waals surface area contributed by atoms with Crippen LogP contribution in [0.3, 0.4) is 0 Å². The first-order valence-corrected chi connectivity index (χ1v) is 10.5. The summed E-state index contributed by atoms with van der Waals surface area (Å²) in [6.45, 7) is 1.49. The number of H-pyrrole nitrogens is 1. The van der Waals surface area contributed by atoms with E-state index in [1.54, 1.807) is 12.3 Å². The van der Waals surface area contributed by atoms with Gasteiger partial charge in [-0.05, 0) is 62.3 Å². The third-order valence-corrected chi connectivity index (χ3v) is 5.51. The van der Waals surface area contributed by atoms with Crippen LogP contribution in [0.1, 0.15) is 48.2 Å². The molecule has 3 aromatic rings. The van der Waals surface area contributed by atoms with E-state index in [9.17, 15) is 4.79 Å². The van der Waals surface area contributed by atoms with Crippen LogP contribution in [0, 0.1) is 0 Å². The number of benzene rings is 1. The van der Waals surface area contributed by atoms with Gasteiger partial charge in [0.2, 0.25) is 0 Å². The van der Waals surface area contributed by atoms with Crippen molar-refractivity contribution in [2.75, 3.05) is 18.4 Å². The molecule has 0 radical (unpaired) electrons. The molecule has 1 aromatic carbocycles. The van der Waals surface area contributed by atoms with Gasteiger partial charge < -0.3 is 15.6 Å². The third kappa shape index (κ3) is 5.05. The fraction of sp³-hybridized carbons (Fsp3) is 0.333. The lowest BCUT2D eigenvalue weighted by Crippen LogP contribution is -2.25. The summed E-state index contributed by atoms with van der Waals surface area (Å²) in [5, 5.41) is 7.63. The second-order valence-electron chi connectivity index (χ2n) is 7.58. The largest absolute Gasteiger partial charge is 0.383 e. The van der Waals surface area contributed by atoms with Gasteiger partial charge in [-0.25, -0.2) is 4.98 Å². The summed E-state index contributed by atoms with van der Waals surface area (Å²) in [6, 6.07) is 12.0. The first-order chi connectivity index (χ1) is 14.3. The summed E-state index contributed by atoms with van der Waals surface area (Å²) >= 11 is 0. The van der Waals surface area contributed by atoms with Crippen molar-refractivity contribution < 1.29 is 4.79 Å². The second kappa shape index (κ2) is 9.41. The number of pyridine rings is 1. The monoisotopic (exact) mass is 388 g/mol. The van der Waals surface area contributed by atoms with Gasteiger partial charge in [0, 0.05) is 30.2 Å². The zero-order valence-electron chi connectivity index (χ0n) is 16.7. The molecule has 4 rings (SSSR count). The van der Waals surface area contributed by atoms with Gasteiger partial charge in [-0.1, -0.05) is 29.8 Å². The lowest BCUT2D eigenvalue weighted by atomic mass is 9.97. The van der Waals surface area contributed by atoms with Gasteiger partial charge in [0.25, 0.3) is 5.91 Å². The van der Waals surface area contributed by atoms with Crippen LogP contribution in [0.25, 0.3) is 10.9 Å². The van der Waals surface area contributed by atoms with E-state index in [0.717, 1.165) is 25.1 Å². The van der Waals surface area contributed by atoms with E-state index in [1.807, 2.05) is 12.1 Å². The molecule has 150 valence electrons. The van der Waals surface area contributed by atoms with Gasteiger partial charge in [0.1, 0.15) is 5.69 Å².